The molecule has 4 bridgehead atoms. The van der Waals surface area contributed by atoms with E-state index < -0.39 is 71.0 Å². The van der Waals surface area contributed by atoms with Gasteiger partial charge in [-0.25, -0.2) is 45.4 Å². The first-order valence-electron chi connectivity index (χ1n) is 8.60. The smallest absolute Gasteiger partial charge is 0.438 e. The fourth-order valence-electron chi connectivity index (χ4n) is 3.93. The number of carbonyl (C=O) groups is 1. The number of hydrogen-bond donors (Lipinski definition) is 4. The van der Waals surface area contributed by atoms with Gasteiger partial charge in [-0.2, -0.15) is 9.78 Å². The standard InChI is InChI=1S/C10H11O20P3/c1-2-4(11)19-3-20-31(16)25-7(14)5(12)6(13)8(15,26-32(17,23-5)24-6)10-9(7,27-31)21-29-33(18,28-10)30-22-10/h12-15H,2-3H2,1H3/t5-,6+,7+,8-,9+,10+,31?,32?,33?/m1/s1. The monoisotopic (exact) mass is 544 g/mol. The van der Waals surface area contributed by atoms with Crippen LogP contribution in [0.2, 0.25) is 0 Å². The van der Waals surface area contributed by atoms with Crippen LogP contribution in [0.4, 0.5) is 0 Å². The number of rotatable bonds is 4. The topological polar surface area (TPSA) is 260 Å². The van der Waals surface area contributed by atoms with E-state index in [2.05, 4.69) is 32.5 Å². The van der Waals surface area contributed by atoms with Crippen LogP contribution in [-0.2, 0) is 74.0 Å². The number of aliphatic hydroxyl groups is 4. The molecule has 6 fully saturated rings. The Labute approximate surface area is 179 Å². The molecule has 0 aromatic carbocycles. The lowest BCUT2D eigenvalue weighted by Crippen LogP contribution is -2.95. The fraction of sp³-hybridized carbons (Fsp3) is 0.900. The summed E-state index contributed by atoms with van der Waals surface area (Å²) in [5, 5.41) is 44.5. The number of carbonyl (C=O) groups excluding carboxylic acids is 1. The first-order chi connectivity index (χ1) is 15.1. The normalized spacial score (nSPS) is 62.2. The van der Waals surface area contributed by atoms with Crippen molar-refractivity contribution in [2.24, 2.45) is 0 Å². The largest absolute Gasteiger partial charge is 0.532 e. The fourth-order valence-corrected chi connectivity index (χ4v) is 8.30. The minimum Gasteiger partial charge on any atom is -0.438 e. The van der Waals surface area contributed by atoms with Crippen molar-refractivity contribution in [1.29, 1.82) is 0 Å². The number of phosphoric acid groups is 3. The Bertz CT molecular complexity index is 1130. The molecule has 6 aliphatic rings. The van der Waals surface area contributed by atoms with Crippen molar-refractivity contribution in [3.05, 3.63) is 0 Å². The summed E-state index contributed by atoms with van der Waals surface area (Å²) in [6.45, 7) is 0.273. The molecule has 0 amide bonds. The molecule has 3 unspecified atom stereocenters. The van der Waals surface area contributed by atoms with Gasteiger partial charge >= 0.3 is 52.6 Å². The molecule has 5 aliphatic heterocycles. The highest BCUT2D eigenvalue weighted by Gasteiger charge is 3.10. The summed E-state index contributed by atoms with van der Waals surface area (Å²) in [7, 11) is -15.5. The highest BCUT2D eigenvalue weighted by atomic mass is 31.2. The molecular weight excluding hydrogens is 533 g/mol. The molecule has 33 heavy (non-hydrogen) atoms. The maximum absolute atomic E-state index is 13.1. The zero-order valence-electron chi connectivity index (χ0n) is 15.6. The molecular formula is C10H11O20P3. The van der Waals surface area contributed by atoms with Crippen molar-refractivity contribution in [1.82, 2.24) is 0 Å². The van der Waals surface area contributed by atoms with Crippen molar-refractivity contribution in [2.75, 3.05) is 6.79 Å². The molecule has 0 aromatic heterocycles. The van der Waals surface area contributed by atoms with E-state index in [1.54, 1.807) is 0 Å². The van der Waals surface area contributed by atoms with E-state index in [1.807, 2.05) is 0 Å². The SMILES string of the molecule is CCC(=O)OCOP1(=O)O[C@@]2(O)[C@]3(O)OP4(=O)O[C@]3(O)[C@@](O)(O4)[C@@]34OOP(=O)(OO[C@]23O1)O4. The molecule has 0 aromatic rings. The molecule has 6 rings (SSSR count). The van der Waals surface area contributed by atoms with Crippen LogP contribution in [0.1, 0.15) is 13.3 Å². The molecule has 0 radical (unpaired) electrons. The van der Waals surface area contributed by atoms with Crippen molar-refractivity contribution in [2.45, 2.75) is 48.1 Å². The van der Waals surface area contributed by atoms with Gasteiger partial charge in [-0.05, 0) is 0 Å². The number of hydrogen-bond acceptors (Lipinski definition) is 20. The van der Waals surface area contributed by atoms with Crippen LogP contribution in [-0.4, -0.2) is 67.9 Å². The average Bonchev–Trinajstić information content (AvgIpc) is 3.30. The van der Waals surface area contributed by atoms with E-state index in [0.29, 0.717) is 0 Å². The molecule has 1 aliphatic carbocycles. The van der Waals surface area contributed by atoms with Gasteiger partial charge in [0.25, 0.3) is 11.6 Å². The predicted molar refractivity (Wildman–Crippen MR) is 81.3 cm³/mol. The van der Waals surface area contributed by atoms with Gasteiger partial charge in [0.2, 0.25) is 6.79 Å². The first kappa shape index (κ1) is 23.0. The Balaban J connectivity index is 1.53. The van der Waals surface area contributed by atoms with E-state index in [-0.39, 0.29) is 6.42 Å². The Morgan fingerprint density at radius 3 is 1.82 bits per heavy atom. The Morgan fingerprint density at radius 1 is 0.758 bits per heavy atom. The minimum absolute atomic E-state index is 0.130. The maximum atomic E-state index is 13.1. The van der Waals surface area contributed by atoms with Crippen molar-refractivity contribution < 1.29 is 94.4 Å². The van der Waals surface area contributed by atoms with Crippen LogP contribution in [0.5, 0.6) is 0 Å². The van der Waals surface area contributed by atoms with Crippen LogP contribution in [0.15, 0.2) is 0 Å². The zero-order valence-corrected chi connectivity index (χ0v) is 18.3. The number of fused-ring (bicyclic) bond motifs is 3. The first-order valence-corrected chi connectivity index (χ1v) is 13.0. The van der Waals surface area contributed by atoms with Crippen molar-refractivity contribution in [3.8, 4) is 0 Å². The second-order valence-electron chi connectivity index (χ2n) is 7.13. The Morgan fingerprint density at radius 2 is 1.27 bits per heavy atom. The lowest BCUT2D eigenvalue weighted by Gasteiger charge is -2.61. The third-order valence-corrected chi connectivity index (χ3v) is 9.22. The lowest BCUT2D eigenvalue weighted by atomic mass is 9.69. The molecule has 1 saturated carbocycles. The Hall–Kier alpha value is -0.440. The molecule has 4 N–H and O–H groups in total. The summed E-state index contributed by atoms with van der Waals surface area (Å²) in [6, 6.07) is 0. The van der Waals surface area contributed by atoms with E-state index in [1.165, 1.54) is 6.92 Å². The molecule has 5 heterocycles. The van der Waals surface area contributed by atoms with Crippen LogP contribution in [0, 0.1) is 0 Å². The third kappa shape index (κ3) is 2.18. The lowest BCUT2D eigenvalue weighted by molar-refractivity contribution is -0.632. The van der Waals surface area contributed by atoms with Crippen LogP contribution >= 0.6 is 23.5 Å². The van der Waals surface area contributed by atoms with E-state index >= 15 is 0 Å². The summed E-state index contributed by atoms with van der Waals surface area (Å²) in [6.07, 6.45) is -0.130. The van der Waals surface area contributed by atoms with Crippen LogP contribution in [0.3, 0.4) is 0 Å². The van der Waals surface area contributed by atoms with Crippen molar-refractivity contribution in [3.63, 3.8) is 0 Å². The molecule has 9 atom stereocenters. The summed E-state index contributed by atoms with van der Waals surface area (Å²) in [5.74, 6) is -23.8. The molecule has 23 heteroatoms. The third-order valence-electron chi connectivity index (χ3n) is 5.37. The average molecular weight is 544 g/mol. The number of ether oxygens (including phenoxy) is 1. The highest BCUT2D eigenvalue weighted by Crippen LogP contribution is 2.89. The van der Waals surface area contributed by atoms with Gasteiger partial charge in [0.1, 0.15) is 0 Å². The summed E-state index contributed by atoms with van der Waals surface area (Å²) >= 11 is 0. The summed E-state index contributed by atoms with van der Waals surface area (Å²) in [4.78, 5) is 20.7. The number of esters is 1. The molecule has 5 saturated heterocycles. The van der Waals surface area contributed by atoms with Crippen LogP contribution in [0.25, 0.3) is 0 Å². The van der Waals surface area contributed by atoms with Gasteiger partial charge in [-0.15, -0.1) is 9.35 Å². The second-order valence-corrected chi connectivity index (χ2v) is 11.5. The van der Waals surface area contributed by atoms with Gasteiger partial charge in [0, 0.05) is 6.42 Å². The Kier molecular flexibility index (Phi) is 4.12. The summed E-state index contributed by atoms with van der Waals surface area (Å²) < 4.78 is 84.6. The predicted octanol–water partition coefficient (Wildman–Crippen LogP) is -1.54. The quantitative estimate of drug-likeness (QED) is 0.135. The van der Waals surface area contributed by atoms with E-state index in [4.69, 9.17) is 23.0 Å². The zero-order chi connectivity index (χ0) is 24.0. The van der Waals surface area contributed by atoms with Gasteiger partial charge in [-0.1, -0.05) is 6.92 Å². The van der Waals surface area contributed by atoms with Crippen molar-refractivity contribution >= 4 is 29.4 Å². The number of phosphoric ester groups is 2. The highest BCUT2D eigenvalue weighted by molar-refractivity contribution is 7.50. The van der Waals surface area contributed by atoms with Gasteiger partial charge < -0.3 is 25.2 Å². The van der Waals surface area contributed by atoms with Crippen LogP contribution < -0.4 is 0 Å². The van der Waals surface area contributed by atoms with E-state index in [0.717, 1.165) is 0 Å². The van der Waals surface area contributed by atoms with E-state index in [9.17, 15) is 38.9 Å². The molecule has 20 nitrogen and oxygen atoms in total. The summed E-state index contributed by atoms with van der Waals surface area (Å²) in [5.41, 5.74) is 0. The van der Waals surface area contributed by atoms with Gasteiger partial charge in [0.05, 0.1) is 0 Å². The van der Waals surface area contributed by atoms with Gasteiger partial charge in [-0.3, -0.25) is 4.79 Å². The minimum atomic E-state index is -5.35. The molecule has 2 spiro atoms. The van der Waals surface area contributed by atoms with Gasteiger partial charge in [0.15, 0.2) is 0 Å². The molecule has 186 valence electrons. The maximum Gasteiger partial charge on any atom is 0.532 e. The second kappa shape index (κ2) is 5.92.